The lowest BCUT2D eigenvalue weighted by Gasteiger charge is -2.18. The molecule has 0 aliphatic carbocycles. The largest absolute Gasteiger partial charge is 0.481 e. The molecule has 0 radical (unpaired) electrons. The zero-order chi connectivity index (χ0) is 13.7. The second-order valence-corrected chi connectivity index (χ2v) is 6.30. The molecule has 1 rings (SSSR count). The molecule has 0 aliphatic rings. The van der Waals surface area contributed by atoms with E-state index in [2.05, 4.69) is 15.9 Å². The molecule has 0 saturated heterocycles. The highest BCUT2D eigenvalue weighted by Crippen LogP contribution is 2.21. The number of halogens is 1. The van der Waals surface area contributed by atoms with Gasteiger partial charge in [-0.05, 0) is 27.9 Å². The smallest absolute Gasteiger partial charge is 0.303 e. The third kappa shape index (κ3) is 5.18. The van der Waals surface area contributed by atoms with Crippen molar-refractivity contribution < 1.29 is 14.7 Å². The molecule has 1 amide bonds. The van der Waals surface area contributed by atoms with Crippen LogP contribution in [0.4, 0.5) is 0 Å². The van der Waals surface area contributed by atoms with E-state index in [-0.39, 0.29) is 24.7 Å². The number of nitrogens with zero attached hydrogens (tertiary/aromatic N) is 1. The summed E-state index contributed by atoms with van der Waals surface area (Å²) in [5, 5.41) is 10.6. The van der Waals surface area contributed by atoms with Crippen LogP contribution in [-0.4, -0.2) is 28.9 Å². The second-order valence-electron chi connectivity index (χ2n) is 4.39. The van der Waals surface area contributed by atoms with Crippen LogP contribution in [0.2, 0.25) is 0 Å². The van der Waals surface area contributed by atoms with Crippen LogP contribution in [-0.2, 0) is 16.1 Å². The SMILES string of the molecule is CC(CC(=O)O)CC(=O)N(C)Cc1cc(Br)cs1. The van der Waals surface area contributed by atoms with Gasteiger partial charge in [0.2, 0.25) is 5.91 Å². The molecular weight excluding hydrogens is 318 g/mol. The number of hydrogen-bond acceptors (Lipinski definition) is 3. The van der Waals surface area contributed by atoms with Gasteiger partial charge < -0.3 is 10.0 Å². The van der Waals surface area contributed by atoms with E-state index in [1.807, 2.05) is 11.4 Å². The highest BCUT2D eigenvalue weighted by Gasteiger charge is 2.16. The van der Waals surface area contributed by atoms with Gasteiger partial charge in [-0.2, -0.15) is 0 Å². The van der Waals surface area contributed by atoms with Crippen LogP contribution in [0.15, 0.2) is 15.9 Å². The Morgan fingerprint density at radius 2 is 2.17 bits per heavy atom. The Morgan fingerprint density at radius 1 is 1.50 bits per heavy atom. The van der Waals surface area contributed by atoms with Crippen molar-refractivity contribution in [2.24, 2.45) is 5.92 Å². The van der Waals surface area contributed by atoms with Crippen LogP contribution in [0.1, 0.15) is 24.6 Å². The Labute approximate surface area is 119 Å². The fourth-order valence-corrected chi connectivity index (χ4v) is 3.09. The Balaban J connectivity index is 2.44. The normalized spacial score (nSPS) is 12.2. The van der Waals surface area contributed by atoms with Crippen LogP contribution >= 0.6 is 27.3 Å². The Hall–Kier alpha value is -0.880. The number of aliphatic carboxylic acids is 1. The summed E-state index contributed by atoms with van der Waals surface area (Å²) >= 11 is 4.96. The summed E-state index contributed by atoms with van der Waals surface area (Å²) in [7, 11) is 1.74. The quantitative estimate of drug-likeness (QED) is 0.870. The van der Waals surface area contributed by atoms with Gasteiger partial charge in [-0.3, -0.25) is 9.59 Å². The number of rotatable bonds is 6. The zero-order valence-electron chi connectivity index (χ0n) is 10.4. The number of hydrogen-bond donors (Lipinski definition) is 1. The highest BCUT2D eigenvalue weighted by atomic mass is 79.9. The van der Waals surface area contributed by atoms with Gasteiger partial charge in [0.05, 0.1) is 6.54 Å². The van der Waals surface area contributed by atoms with E-state index in [0.29, 0.717) is 6.54 Å². The van der Waals surface area contributed by atoms with E-state index in [1.165, 1.54) is 0 Å². The molecule has 1 heterocycles. The predicted octanol–water partition coefficient (Wildman–Crippen LogP) is 2.97. The van der Waals surface area contributed by atoms with Crippen molar-refractivity contribution in [1.29, 1.82) is 0 Å². The van der Waals surface area contributed by atoms with Gasteiger partial charge in [-0.1, -0.05) is 6.92 Å². The Bertz CT molecular complexity index is 433. The second kappa shape index (κ2) is 6.89. The summed E-state index contributed by atoms with van der Waals surface area (Å²) < 4.78 is 1.02. The molecule has 0 saturated carbocycles. The molecule has 1 unspecified atom stereocenters. The first-order chi connectivity index (χ1) is 8.38. The lowest BCUT2D eigenvalue weighted by Crippen LogP contribution is -2.27. The van der Waals surface area contributed by atoms with Crippen LogP contribution in [0, 0.1) is 5.92 Å². The molecule has 0 spiro atoms. The highest BCUT2D eigenvalue weighted by molar-refractivity contribution is 9.10. The van der Waals surface area contributed by atoms with Crippen molar-refractivity contribution in [3.63, 3.8) is 0 Å². The third-order valence-electron chi connectivity index (χ3n) is 2.49. The number of amides is 1. The topological polar surface area (TPSA) is 57.6 Å². The van der Waals surface area contributed by atoms with E-state index in [4.69, 9.17) is 5.11 Å². The number of carboxylic acids is 1. The molecule has 1 atom stereocenters. The molecule has 0 aliphatic heterocycles. The molecule has 18 heavy (non-hydrogen) atoms. The summed E-state index contributed by atoms with van der Waals surface area (Å²) in [6.07, 6.45) is 0.305. The molecule has 0 fully saturated rings. The monoisotopic (exact) mass is 333 g/mol. The van der Waals surface area contributed by atoms with Gasteiger partial charge >= 0.3 is 5.97 Å². The number of carbonyl (C=O) groups excluding carboxylic acids is 1. The first kappa shape index (κ1) is 15.2. The van der Waals surface area contributed by atoms with Crippen molar-refractivity contribution in [1.82, 2.24) is 4.90 Å². The number of carbonyl (C=O) groups is 2. The van der Waals surface area contributed by atoms with Gasteiger partial charge in [-0.15, -0.1) is 11.3 Å². The van der Waals surface area contributed by atoms with Crippen LogP contribution < -0.4 is 0 Å². The van der Waals surface area contributed by atoms with E-state index >= 15 is 0 Å². The van der Waals surface area contributed by atoms with Crippen LogP contribution in [0.5, 0.6) is 0 Å². The van der Waals surface area contributed by atoms with Crippen LogP contribution in [0.3, 0.4) is 0 Å². The Morgan fingerprint density at radius 3 is 2.67 bits per heavy atom. The molecule has 4 nitrogen and oxygen atoms in total. The van der Waals surface area contributed by atoms with Crippen molar-refractivity contribution in [2.75, 3.05) is 7.05 Å². The maximum atomic E-state index is 11.9. The molecule has 6 heteroatoms. The number of carboxylic acid groups (broad SMARTS) is 1. The summed E-state index contributed by atoms with van der Waals surface area (Å²) in [5.74, 6) is -1.01. The summed E-state index contributed by atoms with van der Waals surface area (Å²) in [6, 6.07) is 1.98. The summed E-state index contributed by atoms with van der Waals surface area (Å²) in [4.78, 5) is 25.1. The van der Waals surface area contributed by atoms with E-state index in [0.717, 1.165) is 9.35 Å². The van der Waals surface area contributed by atoms with Gasteiger partial charge in [0.15, 0.2) is 0 Å². The molecule has 1 aromatic rings. The van der Waals surface area contributed by atoms with Crippen molar-refractivity contribution in [2.45, 2.75) is 26.3 Å². The van der Waals surface area contributed by atoms with Crippen molar-refractivity contribution in [3.8, 4) is 0 Å². The Kier molecular flexibility index (Phi) is 5.81. The lowest BCUT2D eigenvalue weighted by atomic mass is 10.0. The fraction of sp³-hybridized carbons (Fsp3) is 0.500. The van der Waals surface area contributed by atoms with Crippen molar-refractivity contribution in [3.05, 3.63) is 20.8 Å². The maximum absolute atomic E-state index is 11.9. The summed E-state index contributed by atoms with van der Waals surface area (Å²) in [6.45, 7) is 2.34. The van der Waals surface area contributed by atoms with Gasteiger partial charge in [-0.25, -0.2) is 0 Å². The minimum atomic E-state index is -0.861. The first-order valence-electron chi connectivity index (χ1n) is 5.57. The lowest BCUT2D eigenvalue weighted by molar-refractivity contribution is -0.138. The van der Waals surface area contributed by atoms with Crippen LogP contribution in [0.25, 0.3) is 0 Å². The third-order valence-corrected chi connectivity index (χ3v) is 4.17. The number of thiophene rings is 1. The average Bonchev–Trinajstić information content (AvgIpc) is 2.62. The molecule has 1 N–H and O–H groups in total. The minimum Gasteiger partial charge on any atom is -0.481 e. The van der Waals surface area contributed by atoms with Crippen molar-refractivity contribution >= 4 is 39.1 Å². The first-order valence-corrected chi connectivity index (χ1v) is 7.24. The average molecular weight is 334 g/mol. The van der Waals surface area contributed by atoms with E-state index in [9.17, 15) is 9.59 Å². The van der Waals surface area contributed by atoms with E-state index in [1.54, 1.807) is 30.2 Å². The molecule has 0 aromatic carbocycles. The zero-order valence-corrected chi connectivity index (χ0v) is 12.8. The van der Waals surface area contributed by atoms with Gasteiger partial charge in [0.1, 0.15) is 0 Å². The molecule has 100 valence electrons. The van der Waals surface area contributed by atoms with E-state index < -0.39 is 5.97 Å². The maximum Gasteiger partial charge on any atom is 0.303 e. The summed E-state index contributed by atoms with van der Waals surface area (Å²) in [5.41, 5.74) is 0. The van der Waals surface area contributed by atoms with Gasteiger partial charge in [0.25, 0.3) is 0 Å². The predicted molar refractivity (Wildman–Crippen MR) is 74.5 cm³/mol. The minimum absolute atomic E-state index is 0.0201. The fourth-order valence-electron chi connectivity index (χ4n) is 1.58. The molecule has 0 bridgehead atoms. The molecule has 1 aromatic heterocycles. The molecular formula is C12H16BrNO3S. The van der Waals surface area contributed by atoms with Gasteiger partial charge in [0, 0.05) is 34.6 Å². The standard InChI is InChI=1S/C12H16BrNO3S/c1-8(4-12(16)17)3-11(15)14(2)6-10-5-9(13)7-18-10/h5,7-8H,3-4,6H2,1-2H3,(H,16,17).